The highest BCUT2D eigenvalue weighted by Crippen LogP contribution is 2.30. The van der Waals surface area contributed by atoms with Crippen LogP contribution in [0.5, 0.6) is 0 Å². The number of piperidine rings is 1. The van der Waals surface area contributed by atoms with Gasteiger partial charge in [0.15, 0.2) is 4.34 Å². The molecule has 45 heavy (non-hydrogen) atoms. The van der Waals surface area contributed by atoms with Crippen LogP contribution in [0.2, 0.25) is 10.0 Å². The molecule has 0 aliphatic carbocycles. The van der Waals surface area contributed by atoms with E-state index in [4.69, 9.17) is 32.9 Å². The van der Waals surface area contributed by atoms with Crippen LogP contribution in [0.4, 0.5) is 10.5 Å². The number of amides is 3. The van der Waals surface area contributed by atoms with Gasteiger partial charge in [0.1, 0.15) is 11.1 Å². The number of thiazole rings is 1. The number of anilines is 1. The van der Waals surface area contributed by atoms with Crippen molar-refractivity contribution in [2.75, 3.05) is 24.2 Å². The van der Waals surface area contributed by atoms with Gasteiger partial charge in [-0.3, -0.25) is 14.5 Å². The molecule has 2 aromatic carbocycles. The van der Waals surface area contributed by atoms with E-state index >= 15 is 0 Å². The van der Waals surface area contributed by atoms with Gasteiger partial charge in [-0.15, -0.1) is 11.3 Å². The second-order valence-electron chi connectivity index (χ2n) is 12.4. The monoisotopic (exact) mass is 691 g/mol. The first-order chi connectivity index (χ1) is 21.2. The molecule has 3 amide bonds. The SMILES string of the molecule is CC(C)(C)OC(=O)NC(C)(C)C(=O)Nc1cccc(-c2csc(SCC(=O)NC3CCN(Cc4ccc(Cl)c(Cl)c4)CC3)n2)c1. The lowest BCUT2D eigenvalue weighted by Crippen LogP contribution is -2.53. The largest absolute Gasteiger partial charge is 0.444 e. The van der Waals surface area contributed by atoms with Gasteiger partial charge in [0.2, 0.25) is 11.8 Å². The maximum Gasteiger partial charge on any atom is 0.408 e. The van der Waals surface area contributed by atoms with E-state index < -0.39 is 17.2 Å². The van der Waals surface area contributed by atoms with E-state index in [9.17, 15) is 14.4 Å². The molecule has 3 N–H and O–H groups in total. The number of hydrogen-bond acceptors (Lipinski definition) is 8. The van der Waals surface area contributed by atoms with Gasteiger partial charge in [0.25, 0.3) is 0 Å². The molecule has 0 atom stereocenters. The lowest BCUT2D eigenvalue weighted by molar-refractivity contribution is -0.121. The molecule has 1 aliphatic rings. The summed E-state index contributed by atoms with van der Waals surface area (Å²) >= 11 is 15.1. The lowest BCUT2D eigenvalue weighted by Gasteiger charge is -2.32. The van der Waals surface area contributed by atoms with E-state index in [-0.39, 0.29) is 23.6 Å². The van der Waals surface area contributed by atoms with Crippen molar-refractivity contribution in [1.29, 1.82) is 0 Å². The van der Waals surface area contributed by atoms with Crippen molar-refractivity contribution in [1.82, 2.24) is 20.5 Å². The summed E-state index contributed by atoms with van der Waals surface area (Å²) in [6.45, 7) is 11.1. The van der Waals surface area contributed by atoms with Gasteiger partial charge in [-0.1, -0.05) is 53.2 Å². The van der Waals surface area contributed by atoms with Gasteiger partial charge < -0.3 is 20.7 Å². The molecule has 0 bridgehead atoms. The molecule has 1 aliphatic heterocycles. The summed E-state index contributed by atoms with van der Waals surface area (Å²) < 4.78 is 6.07. The fourth-order valence-electron chi connectivity index (χ4n) is 4.64. The number of aromatic nitrogens is 1. The summed E-state index contributed by atoms with van der Waals surface area (Å²) in [4.78, 5) is 44.9. The molecule has 13 heteroatoms. The average molecular weight is 693 g/mol. The van der Waals surface area contributed by atoms with Gasteiger partial charge in [-0.2, -0.15) is 0 Å². The zero-order valence-corrected chi connectivity index (χ0v) is 29.2. The molecule has 9 nitrogen and oxygen atoms in total. The highest BCUT2D eigenvalue weighted by molar-refractivity contribution is 8.01. The predicted octanol–water partition coefficient (Wildman–Crippen LogP) is 7.23. The Morgan fingerprint density at radius 1 is 1.04 bits per heavy atom. The van der Waals surface area contributed by atoms with Crippen molar-refractivity contribution in [3.63, 3.8) is 0 Å². The van der Waals surface area contributed by atoms with Crippen LogP contribution >= 0.6 is 46.3 Å². The number of rotatable bonds is 10. The van der Waals surface area contributed by atoms with Crippen LogP contribution < -0.4 is 16.0 Å². The minimum atomic E-state index is -1.20. The number of nitrogens with zero attached hydrogens (tertiary/aromatic N) is 2. The standard InChI is InChI=1S/C32H39Cl2N5O4S2/c1-31(2,3)43-29(42)38-32(4,5)28(41)36-23-8-6-7-21(16-23)26-18-44-30(37-26)45-19-27(40)35-22-11-13-39(14-12-22)17-20-9-10-24(33)25(34)15-20/h6-10,15-16,18,22H,11-14,17,19H2,1-5H3,(H,35,40)(H,36,41)(H,38,42). The molecule has 0 spiro atoms. The molecular formula is C32H39Cl2N5O4S2. The summed E-state index contributed by atoms with van der Waals surface area (Å²) in [5.74, 6) is -0.109. The number of likely N-dealkylation sites (tertiary alicyclic amines) is 1. The minimum Gasteiger partial charge on any atom is -0.444 e. The summed E-state index contributed by atoms with van der Waals surface area (Å²) in [5.41, 5.74) is 1.39. The van der Waals surface area contributed by atoms with E-state index in [0.717, 1.165) is 53.6 Å². The average Bonchev–Trinajstić information content (AvgIpc) is 3.43. The number of benzene rings is 2. The Morgan fingerprint density at radius 2 is 1.78 bits per heavy atom. The molecule has 4 rings (SSSR count). The second kappa shape index (κ2) is 15.2. The lowest BCUT2D eigenvalue weighted by atomic mass is 10.0. The van der Waals surface area contributed by atoms with Crippen molar-refractivity contribution in [3.05, 3.63) is 63.5 Å². The number of ether oxygens (including phenoxy) is 1. The molecular weight excluding hydrogens is 653 g/mol. The molecule has 0 unspecified atom stereocenters. The topological polar surface area (TPSA) is 113 Å². The van der Waals surface area contributed by atoms with Crippen LogP contribution in [-0.2, 0) is 20.9 Å². The van der Waals surface area contributed by atoms with Gasteiger partial charge >= 0.3 is 6.09 Å². The molecule has 0 radical (unpaired) electrons. The van der Waals surface area contributed by atoms with Gasteiger partial charge in [0, 0.05) is 42.3 Å². The number of carbonyl (C=O) groups is 3. The fraction of sp³-hybridized carbons (Fsp3) is 0.438. The minimum absolute atomic E-state index is 0.00741. The summed E-state index contributed by atoms with van der Waals surface area (Å²) in [6.07, 6.45) is 1.11. The van der Waals surface area contributed by atoms with Crippen LogP contribution in [0.25, 0.3) is 11.3 Å². The fourth-order valence-corrected chi connectivity index (χ4v) is 6.61. The van der Waals surface area contributed by atoms with Crippen molar-refractivity contribution in [3.8, 4) is 11.3 Å². The van der Waals surface area contributed by atoms with Crippen LogP contribution in [0, 0.1) is 0 Å². The van der Waals surface area contributed by atoms with E-state index in [2.05, 4.69) is 20.9 Å². The molecule has 1 aromatic heterocycles. The molecule has 1 fully saturated rings. The number of hydrogen-bond donors (Lipinski definition) is 3. The third-order valence-electron chi connectivity index (χ3n) is 6.95. The maximum absolute atomic E-state index is 12.9. The first-order valence-electron chi connectivity index (χ1n) is 14.6. The normalized spacial score (nSPS) is 14.6. The number of halogens is 2. The Hall–Kier alpha value is -2.83. The van der Waals surface area contributed by atoms with Gasteiger partial charge in [-0.05, 0) is 77.3 Å². The highest BCUT2D eigenvalue weighted by atomic mass is 35.5. The van der Waals surface area contributed by atoms with Crippen molar-refractivity contribution in [2.45, 2.75) is 75.5 Å². The van der Waals surface area contributed by atoms with Crippen LogP contribution in [0.3, 0.4) is 0 Å². The quantitative estimate of drug-likeness (QED) is 0.192. The van der Waals surface area contributed by atoms with Crippen molar-refractivity contribution >= 4 is 69.9 Å². The number of alkyl carbamates (subject to hydrolysis) is 1. The number of thioether (sulfide) groups is 1. The number of carbonyl (C=O) groups excluding carboxylic acids is 3. The zero-order valence-electron chi connectivity index (χ0n) is 26.0. The Morgan fingerprint density at radius 3 is 2.47 bits per heavy atom. The van der Waals surface area contributed by atoms with Crippen LogP contribution in [0.15, 0.2) is 52.2 Å². The maximum atomic E-state index is 12.9. The molecule has 3 aromatic rings. The summed E-state index contributed by atoms with van der Waals surface area (Å²) in [5, 5.41) is 11.7. The number of nitrogens with one attached hydrogen (secondary N) is 3. The van der Waals surface area contributed by atoms with E-state index in [1.54, 1.807) is 40.7 Å². The first kappa shape index (κ1) is 35.0. The summed E-state index contributed by atoms with van der Waals surface area (Å²) in [6, 6.07) is 13.2. The smallest absolute Gasteiger partial charge is 0.408 e. The summed E-state index contributed by atoms with van der Waals surface area (Å²) in [7, 11) is 0. The second-order valence-corrected chi connectivity index (χ2v) is 15.3. The molecule has 2 heterocycles. The van der Waals surface area contributed by atoms with E-state index in [0.29, 0.717) is 15.7 Å². The third-order valence-corrected chi connectivity index (χ3v) is 9.71. The third kappa shape index (κ3) is 10.9. The predicted molar refractivity (Wildman–Crippen MR) is 183 cm³/mol. The molecule has 0 saturated carbocycles. The van der Waals surface area contributed by atoms with Crippen molar-refractivity contribution < 1.29 is 19.1 Å². The van der Waals surface area contributed by atoms with Gasteiger partial charge in [-0.25, -0.2) is 9.78 Å². The van der Waals surface area contributed by atoms with Crippen LogP contribution in [0.1, 0.15) is 53.0 Å². The van der Waals surface area contributed by atoms with Gasteiger partial charge in [0.05, 0.1) is 21.5 Å². The van der Waals surface area contributed by atoms with Crippen LogP contribution in [-0.4, -0.2) is 63.8 Å². The Bertz CT molecular complexity index is 1520. The Kier molecular flexibility index (Phi) is 11.8. The molecule has 242 valence electrons. The Labute approximate surface area is 282 Å². The zero-order chi connectivity index (χ0) is 32.8. The van der Waals surface area contributed by atoms with Crippen molar-refractivity contribution in [2.24, 2.45) is 0 Å². The first-order valence-corrected chi connectivity index (χ1v) is 17.3. The highest BCUT2D eigenvalue weighted by Gasteiger charge is 2.32. The van der Waals surface area contributed by atoms with E-state index in [1.807, 2.05) is 41.8 Å². The molecule has 1 saturated heterocycles. The van der Waals surface area contributed by atoms with E-state index in [1.165, 1.54) is 23.1 Å². The Balaban J connectivity index is 1.22.